The van der Waals surface area contributed by atoms with Gasteiger partial charge in [-0.1, -0.05) is 27.2 Å². The lowest BCUT2D eigenvalue weighted by atomic mass is 9.82. The Morgan fingerprint density at radius 2 is 1.67 bits per heavy atom. The van der Waals surface area contributed by atoms with E-state index in [1.165, 1.54) is 0 Å². The Morgan fingerprint density at radius 3 is 2.10 bits per heavy atom. The summed E-state index contributed by atoms with van der Waals surface area (Å²) in [5.74, 6) is -0.00401. The number of carbonyl (C=O) groups is 1. The van der Waals surface area contributed by atoms with Crippen molar-refractivity contribution in [1.82, 2.24) is 0 Å². The molecule has 0 radical (unpaired) electrons. The van der Waals surface area contributed by atoms with Gasteiger partial charge in [0.15, 0.2) is 0 Å². The Hall–Kier alpha value is -1.56. The van der Waals surface area contributed by atoms with Crippen LogP contribution in [0.3, 0.4) is 0 Å². The molecule has 1 unspecified atom stereocenters. The van der Waals surface area contributed by atoms with E-state index in [2.05, 4.69) is 17.0 Å². The lowest BCUT2D eigenvalue weighted by Gasteiger charge is -2.26. The van der Waals surface area contributed by atoms with Crippen molar-refractivity contribution < 1.29 is 13.2 Å². The van der Waals surface area contributed by atoms with Crippen molar-refractivity contribution in [3.8, 4) is 0 Å². The van der Waals surface area contributed by atoms with E-state index in [9.17, 15) is 13.2 Å². The van der Waals surface area contributed by atoms with Crippen molar-refractivity contribution in [2.24, 2.45) is 5.41 Å². The van der Waals surface area contributed by atoms with Crippen LogP contribution in [0, 0.1) is 5.41 Å². The largest absolute Gasteiger partial charge is 0.326 e. The van der Waals surface area contributed by atoms with Gasteiger partial charge in [0.2, 0.25) is 15.9 Å². The molecular weight excluding hydrogens is 288 g/mol. The fourth-order valence-corrected chi connectivity index (χ4v) is 2.68. The molecule has 21 heavy (non-hydrogen) atoms. The molecule has 0 heterocycles. The summed E-state index contributed by atoms with van der Waals surface area (Å²) >= 11 is 0. The number of benzene rings is 1. The highest BCUT2D eigenvalue weighted by atomic mass is 32.2. The number of rotatable bonds is 7. The second-order valence-corrected chi connectivity index (χ2v) is 7.32. The van der Waals surface area contributed by atoms with Gasteiger partial charge in [0.25, 0.3) is 0 Å². The number of nitrogens with one attached hydrogen (secondary N) is 2. The number of amides is 1. The van der Waals surface area contributed by atoms with Crippen LogP contribution in [0.25, 0.3) is 0 Å². The van der Waals surface area contributed by atoms with E-state index in [4.69, 9.17) is 0 Å². The molecule has 1 amide bonds. The number of carbonyl (C=O) groups excluding carboxylic acids is 1. The minimum Gasteiger partial charge on any atom is -0.326 e. The van der Waals surface area contributed by atoms with Gasteiger partial charge in [0.05, 0.1) is 6.26 Å². The molecule has 0 spiro atoms. The van der Waals surface area contributed by atoms with Gasteiger partial charge in [-0.3, -0.25) is 9.52 Å². The fourth-order valence-electron chi connectivity index (χ4n) is 2.12. The summed E-state index contributed by atoms with van der Waals surface area (Å²) in [6.07, 6.45) is 3.67. The number of hydrogen-bond donors (Lipinski definition) is 2. The number of sulfonamides is 1. The summed E-state index contributed by atoms with van der Waals surface area (Å²) in [5, 5.41) is 2.89. The van der Waals surface area contributed by atoms with E-state index in [1.54, 1.807) is 24.3 Å². The first kappa shape index (κ1) is 17.5. The Bertz CT molecular complexity index is 581. The van der Waals surface area contributed by atoms with Crippen molar-refractivity contribution in [2.45, 2.75) is 40.0 Å². The van der Waals surface area contributed by atoms with Gasteiger partial charge in [-0.05, 0) is 37.1 Å². The predicted octanol–water partition coefficient (Wildman–Crippen LogP) is 3.21. The third kappa shape index (κ3) is 5.38. The molecule has 0 aliphatic heterocycles. The fraction of sp³-hybridized carbons (Fsp3) is 0.533. The maximum absolute atomic E-state index is 12.3. The maximum atomic E-state index is 12.3. The lowest BCUT2D eigenvalue weighted by molar-refractivity contribution is -0.125. The Balaban J connectivity index is 2.78. The summed E-state index contributed by atoms with van der Waals surface area (Å²) < 4.78 is 24.6. The molecule has 118 valence electrons. The monoisotopic (exact) mass is 312 g/mol. The summed E-state index contributed by atoms with van der Waals surface area (Å²) in [6.45, 7) is 6.03. The van der Waals surface area contributed by atoms with Crippen LogP contribution in [-0.4, -0.2) is 20.6 Å². The van der Waals surface area contributed by atoms with Crippen LogP contribution in [0.4, 0.5) is 11.4 Å². The van der Waals surface area contributed by atoms with Crippen molar-refractivity contribution in [3.63, 3.8) is 0 Å². The average Bonchev–Trinajstić information content (AvgIpc) is 2.39. The Labute approximate surface area is 127 Å². The SMILES string of the molecule is CCCC(C)(CC)C(=O)Nc1ccc(NS(C)(=O)=O)cc1. The van der Waals surface area contributed by atoms with Crippen LogP contribution in [0.5, 0.6) is 0 Å². The highest BCUT2D eigenvalue weighted by Crippen LogP contribution is 2.29. The van der Waals surface area contributed by atoms with Crippen LogP contribution >= 0.6 is 0 Å². The van der Waals surface area contributed by atoms with Crippen molar-refractivity contribution >= 4 is 27.3 Å². The molecule has 5 nitrogen and oxygen atoms in total. The normalized spacial score (nSPS) is 14.3. The Morgan fingerprint density at radius 1 is 1.14 bits per heavy atom. The third-order valence-corrected chi connectivity index (χ3v) is 4.18. The molecule has 0 fully saturated rings. The molecule has 0 saturated carbocycles. The number of hydrogen-bond acceptors (Lipinski definition) is 3. The molecule has 1 aromatic carbocycles. The standard InChI is InChI=1S/C15H24N2O3S/c1-5-11-15(3,6-2)14(18)16-12-7-9-13(10-8-12)17-21(4,19)20/h7-10,17H,5-6,11H2,1-4H3,(H,16,18). The third-order valence-electron chi connectivity index (χ3n) is 3.58. The van der Waals surface area contributed by atoms with Gasteiger partial charge in [-0.25, -0.2) is 8.42 Å². The second-order valence-electron chi connectivity index (χ2n) is 5.57. The smallest absolute Gasteiger partial charge is 0.230 e. The van der Waals surface area contributed by atoms with Crippen LogP contribution < -0.4 is 10.0 Å². The molecule has 0 aromatic heterocycles. The van der Waals surface area contributed by atoms with Gasteiger partial charge >= 0.3 is 0 Å². The lowest BCUT2D eigenvalue weighted by Crippen LogP contribution is -2.32. The predicted molar refractivity (Wildman–Crippen MR) is 86.8 cm³/mol. The quantitative estimate of drug-likeness (QED) is 0.811. The van der Waals surface area contributed by atoms with Crippen molar-refractivity contribution in [2.75, 3.05) is 16.3 Å². The molecule has 2 N–H and O–H groups in total. The van der Waals surface area contributed by atoms with Gasteiger partial charge in [0.1, 0.15) is 0 Å². The molecule has 1 rings (SSSR count). The minimum absolute atomic E-state index is 0.00401. The summed E-state index contributed by atoms with van der Waals surface area (Å²) in [7, 11) is -3.28. The molecule has 1 aromatic rings. The van der Waals surface area contributed by atoms with Gasteiger partial charge < -0.3 is 5.32 Å². The Kier molecular flexibility index (Phi) is 5.78. The maximum Gasteiger partial charge on any atom is 0.230 e. The van der Waals surface area contributed by atoms with Crippen LogP contribution in [0.15, 0.2) is 24.3 Å². The highest BCUT2D eigenvalue weighted by Gasteiger charge is 2.30. The van der Waals surface area contributed by atoms with E-state index in [1.807, 2.05) is 13.8 Å². The molecule has 0 aliphatic carbocycles. The summed E-state index contributed by atoms with van der Waals surface area (Å²) in [4.78, 5) is 12.3. The van der Waals surface area contributed by atoms with Crippen LogP contribution in [-0.2, 0) is 14.8 Å². The second kappa shape index (κ2) is 6.93. The zero-order valence-corrected chi connectivity index (χ0v) is 13.9. The average molecular weight is 312 g/mol. The first-order valence-electron chi connectivity index (χ1n) is 7.09. The van der Waals surface area contributed by atoms with Gasteiger partial charge in [-0.15, -0.1) is 0 Å². The van der Waals surface area contributed by atoms with E-state index >= 15 is 0 Å². The first-order chi connectivity index (χ1) is 9.70. The zero-order chi connectivity index (χ0) is 16.1. The van der Waals surface area contributed by atoms with E-state index < -0.39 is 10.0 Å². The topological polar surface area (TPSA) is 75.3 Å². The van der Waals surface area contributed by atoms with Crippen molar-refractivity contribution in [3.05, 3.63) is 24.3 Å². The van der Waals surface area contributed by atoms with Crippen molar-refractivity contribution in [1.29, 1.82) is 0 Å². The first-order valence-corrected chi connectivity index (χ1v) is 8.98. The summed E-state index contributed by atoms with van der Waals surface area (Å²) in [5.41, 5.74) is 0.760. The molecule has 6 heteroatoms. The molecule has 0 bridgehead atoms. The molecule has 1 atom stereocenters. The highest BCUT2D eigenvalue weighted by molar-refractivity contribution is 7.92. The molecular formula is C15H24N2O3S. The van der Waals surface area contributed by atoms with Crippen LogP contribution in [0.1, 0.15) is 40.0 Å². The molecule has 0 saturated heterocycles. The van der Waals surface area contributed by atoms with Crippen LogP contribution in [0.2, 0.25) is 0 Å². The number of anilines is 2. The van der Waals surface area contributed by atoms with Gasteiger partial charge in [0, 0.05) is 16.8 Å². The van der Waals surface area contributed by atoms with Gasteiger partial charge in [-0.2, -0.15) is 0 Å². The minimum atomic E-state index is -3.28. The van der Waals surface area contributed by atoms with E-state index in [0.29, 0.717) is 11.4 Å². The molecule has 0 aliphatic rings. The van der Waals surface area contributed by atoms with E-state index in [-0.39, 0.29) is 11.3 Å². The zero-order valence-electron chi connectivity index (χ0n) is 13.1. The summed E-state index contributed by atoms with van der Waals surface area (Å²) in [6, 6.07) is 6.63. The van der Waals surface area contributed by atoms with E-state index in [0.717, 1.165) is 25.5 Å².